The van der Waals surface area contributed by atoms with Gasteiger partial charge in [-0.05, 0) is 20.8 Å². The molecule has 1 aliphatic heterocycles. The molecule has 1 rings (SSSR count). The second-order valence-corrected chi connectivity index (χ2v) is 6.16. The van der Waals surface area contributed by atoms with Crippen LogP contribution in [0.4, 0.5) is 4.79 Å². The van der Waals surface area contributed by atoms with Crippen molar-refractivity contribution in [3.8, 4) is 0 Å². The highest BCUT2D eigenvalue weighted by Crippen LogP contribution is 2.19. The van der Waals surface area contributed by atoms with Crippen LogP contribution in [-0.4, -0.2) is 42.3 Å². The monoisotopic (exact) mass is 332 g/mol. The van der Waals surface area contributed by atoms with E-state index in [0.29, 0.717) is 19.7 Å². The second kappa shape index (κ2) is 7.07. The van der Waals surface area contributed by atoms with Crippen LogP contribution in [0.2, 0.25) is 0 Å². The van der Waals surface area contributed by atoms with Gasteiger partial charge in [0, 0.05) is 17.6 Å². The minimum absolute atomic E-state index is 0.0961. The molecular weight excluding hydrogens is 312 g/mol. The third-order valence-electron chi connectivity index (χ3n) is 2.32. The molecule has 1 N–H and O–H groups in total. The van der Waals surface area contributed by atoms with Crippen LogP contribution in [0.15, 0.2) is 23.2 Å². The van der Waals surface area contributed by atoms with E-state index < -0.39 is 5.60 Å². The first-order valence-corrected chi connectivity index (χ1v) is 6.94. The van der Waals surface area contributed by atoms with Gasteiger partial charge in [0.05, 0.1) is 12.6 Å². The van der Waals surface area contributed by atoms with Gasteiger partial charge < -0.3 is 9.64 Å². The highest BCUT2D eigenvalue weighted by atomic mass is 79.9. The maximum atomic E-state index is 12.0. The molecule has 0 aromatic rings. The zero-order valence-electron chi connectivity index (χ0n) is 11.6. The summed E-state index contributed by atoms with van der Waals surface area (Å²) in [6.45, 7) is 10.5. The van der Waals surface area contributed by atoms with Gasteiger partial charge in [-0.1, -0.05) is 28.1 Å². The number of nitrogens with one attached hydrogen (secondary N) is 1. The number of carbonyl (C=O) groups is 1. The Morgan fingerprint density at radius 2 is 2.37 bits per heavy atom. The molecule has 0 aromatic carbocycles. The summed E-state index contributed by atoms with van der Waals surface area (Å²) in [5, 5.41) is 0. The lowest BCUT2D eigenvalue weighted by Crippen LogP contribution is -2.48. The molecule has 6 heteroatoms. The zero-order valence-corrected chi connectivity index (χ0v) is 13.2. The predicted molar refractivity (Wildman–Crippen MR) is 77.9 cm³/mol. The number of amides is 1. The van der Waals surface area contributed by atoms with E-state index in [1.54, 1.807) is 11.0 Å². The Morgan fingerprint density at radius 1 is 1.68 bits per heavy atom. The predicted octanol–water partition coefficient (Wildman–Crippen LogP) is 2.59. The molecule has 1 aliphatic rings. The molecule has 1 atom stereocenters. The topological polar surface area (TPSA) is 50.8 Å². The minimum Gasteiger partial charge on any atom is -0.444 e. The number of nitrogens with zero attached hydrogens (tertiary/aromatic N) is 1. The second-order valence-electron chi connectivity index (χ2n) is 5.24. The van der Waals surface area contributed by atoms with Crippen molar-refractivity contribution in [2.24, 2.45) is 0 Å². The van der Waals surface area contributed by atoms with Crippen molar-refractivity contribution in [2.75, 3.05) is 19.7 Å². The van der Waals surface area contributed by atoms with Gasteiger partial charge in [-0.25, -0.2) is 4.79 Å². The van der Waals surface area contributed by atoms with Crippen LogP contribution in [0.5, 0.6) is 0 Å². The molecule has 5 nitrogen and oxygen atoms in total. The lowest BCUT2D eigenvalue weighted by molar-refractivity contribution is 0.0107. The van der Waals surface area contributed by atoms with E-state index in [4.69, 9.17) is 9.57 Å². The number of carbonyl (C=O) groups excluding carboxylic acids is 1. The first-order valence-electron chi connectivity index (χ1n) is 6.15. The molecule has 0 radical (unpaired) electrons. The maximum absolute atomic E-state index is 12.0. The van der Waals surface area contributed by atoms with Crippen LogP contribution in [-0.2, 0) is 9.57 Å². The minimum atomic E-state index is -0.488. The van der Waals surface area contributed by atoms with E-state index in [9.17, 15) is 4.79 Å². The summed E-state index contributed by atoms with van der Waals surface area (Å²) in [6, 6.07) is -0.0961. The number of hydrogen-bond donors (Lipinski definition) is 1. The van der Waals surface area contributed by atoms with E-state index in [2.05, 4.69) is 28.0 Å². The van der Waals surface area contributed by atoms with E-state index in [1.165, 1.54) is 0 Å². The molecule has 0 saturated heterocycles. The third-order valence-corrected chi connectivity index (χ3v) is 3.20. The number of ether oxygens (including phenoxy) is 1. The average molecular weight is 333 g/mol. The van der Waals surface area contributed by atoms with Crippen molar-refractivity contribution in [3.05, 3.63) is 23.2 Å². The summed E-state index contributed by atoms with van der Waals surface area (Å²) in [5.74, 6) is 0. The first kappa shape index (κ1) is 16.2. The van der Waals surface area contributed by atoms with Crippen molar-refractivity contribution >= 4 is 22.0 Å². The Balaban J connectivity index is 2.55. The molecule has 0 fully saturated rings. The van der Waals surface area contributed by atoms with Crippen molar-refractivity contribution in [2.45, 2.75) is 32.4 Å². The normalized spacial score (nSPS) is 19.9. The highest BCUT2D eigenvalue weighted by molar-refractivity contribution is 9.11. The molecule has 0 aromatic heterocycles. The maximum Gasteiger partial charge on any atom is 0.410 e. The van der Waals surface area contributed by atoms with Crippen LogP contribution in [0.1, 0.15) is 20.8 Å². The molecule has 0 spiro atoms. The number of rotatable bonds is 4. The molecule has 0 bridgehead atoms. The molecular formula is C13H21BrN2O3. The summed E-state index contributed by atoms with van der Waals surface area (Å²) < 4.78 is 6.31. The number of hydrogen-bond acceptors (Lipinski definition) is 4. The van der Waals surface area contributed by atoms with E-state index in [0.717, 1.165) is 4.48 Å². The molecule has 0 aliphatic carbocycles. The summed E-state index contributed by atoms with van der Waals surface area (Å²) in [5.41, 5.74) is 2.40. The number of hydroxylamine groups is 1. The van der Waals surface area contributed by atoms with Crippen LogP contribution >= 0.6 is 15.9 Å². The van der Waals surface area contributed by atoms with Crippen molar-refractivity contribution in [1.82, 2.24) is 10.4 Å². The van der Waals surface area contributed by atoms with Crippen LogP contribution in [0.25, 0.3) is 0 Å². The summed E-state index contributed by atoms with van der Waals surface area (Å²) in [6.07, 6.45) is 3.25. The van der Waals surface area contributed by atoms with Gasteiger partial charge in [-0.3, -0.25) is 4.84 Å². The largest absolute Gasteiger partial charge is 0.444 e. The lowest BCUT2D eigenvalue weighted by Gasteiger charge is -2.32. The fourth-order valence-corrected chi connectivity index (χ4v) is 1.88. The molecule has 108 valence electrons. The molecule has 1 unspecified atom stereocenters. The van der Waals surface area contributed by atoms with Crippen LogP contribution in [0, 0.1) is 0 Å². The Morgan fingerprint density at radius 3 is 2.95 bits per heavy atom. The Bertz CT molecular complexity index is 363. The van der Waals surface area contributed by atoms with Gasteiger partial charge in [0.15, 0.2) is 0 Å². The molecule has 1 amide bonds. The van der Waals surface area contributed by atoms with Gasteiger partial charge in [0.1, 0.15) is 5.60 Å². The zero-order chi connectivity index (χ0) is 14.5. The summed E-state index contributed by atoms with van der Waals surface area (Å²) in [7, 11) is 0. The molecule has 0 saturated carbocycles. The smallest absolute Gasteiger partial charge is 0.410 e. The van der Waals surface area contributed by atoms with Crippen LogP contribution < -0.4 is 5.48 Å². The van der Waals surface area contributed by atoms with Gasteiger partial charge in [0.25, 0.3) is 0 Å². The molecule has 1 heterocycles. The van der Waals surface area contributed by atoms with Gasteiger partial charge in [-0.2, -0.15) is 5.48 Å². The van der Waals surface area contributed by atoms with Gasteiger partial charge in [-0.15, -0.1) is 6.58 Å². The highest BCUT2D eigenvalue weighted by Gasteiger charge is 2.28. The third kappa shape index (κ3) is 5.76. The quantitative estimate of drug-likeness (QED) is 0.488. The first-order chi connectivity index (χ1) is 8.83. The summed E-state index contributed by atoms with van der Waals surface area (Å²) in [4.78, 5) is 18.8. The van der Waals surface area contributed by atoms with Gasteiger partial charge >= 0.3 is 6.09 Å². The van der Waals surface area contributed by atoms with Crippen molar-refractivity contribution in [1.29, 1.82) is 0 Å². The lowest BCUT2D eigenvalue weighted by atomic mass is 10.2. The van der Waals surface area contributed by atoms with Crippen molar-refractivity contribution in [3.63, 3.8) is 0 Å². The standard InChI is InChI=1S/C13H21BrN2O3/c1-5-8-18-15-11-9-16(7-6-10(11)14)12(17)19-13(2,3)4/h5-6,11,15H,1,7-9H2,2-4H3. The van der Waals surface area contributed by atoms with E-state index in [-0.39, 0.29) is 12.1 Å². The Kier molecular flexibility index (Phi) is 6.03. The Labute approximate surface area is 122 Å². The molecule has 19 heavy (non-hydrogen) atoms. The summed E-state index contributed by atoms with van der Waals surface area (Å²) >= 11 is 3.46. The fourth-order valence-electron chi connectivity index (χ4n) is 1.50. The van der Waals surface area contributed by atoms with E-state index >= 15 is 0 Å². The number of halogens is 1. The Hall–Kier alpha value is -0.850. The SMILES string of the molecule is C=CCONC1CN(C(=O)OC(C)(C)C)CC=C1Br. The van der Waals surface area contributed by atoms with Gasteiger partial charge in [0.2, 0.25) is 0 Å². The van der Waals surface area contributed by atoms with Crippen LogP contribution in [0.3, 0.4) is 0 Å². The van der Waals surface area contributed by atoms with Crippen molar-refractivity contribution < 1.29 is 14.4 Å². The fraction of sp³-hybridized carbons (Fsp3) is 0.615. The van der Waals surface area contributed by atoms with E-state index in [1.807, 2.05) is 26.8 Å². The average Bonchev–Trinajstić information content (AvgIpc) is 2.29.